The molecule has 0 aliphatic rings. The maximum Gasteiger partial charge on any atom is 0.220 e. The highest BCUT2D eigenvalue weighted by molar-refractivity contribution is 7.07. The Morgan fingerprint density at radius 3 is 2.68 bits per heavy atom. The molecular weight excluding hydrogens is 256 g/mol. The van der Waals surface area contributed by atoms with Gasteiger partial charge >= 0.3 is 0 Å². The lowest BCUT2D eigenvalue weighted by Crippen LogP contribution is -2.27. The van der Waals surface area contributed by atoms with E-state index in [-0.39, 0.29) is 11.3 Å². The van der Waals surface area contributed by atoms with Crippen molar-refractivity contribution >= 4 is 17.2 Å². The lowest BCUT2D eigenvalue weighted by Gasteiger charge is -2.30. The second-order valence-corrected chi connectivity index (χ2v) is 6.87. The largest absolute Gasteiger partial charge is 0.352 e. The van der Waals surface area contributed by atoms with Crippen LogP contribution in [0.3, 0.4) is 0 Å². The number of thiophene rings is 1. The van der Waals surface area contributed by atoms with Crippen LogP contribution in [0.2, 0.25) is 0 Å². The zero-order valence-electron chi connectivity index (χ0n) is 12.2. The lowest BCUT2D eigenvalue weighted by atomic mass is 9.76. The Balaban J connectivity index is 2.31. The molecule has 0 aromatic carbocycles. The van der Waals surface area contributed by atoms with Crippen LogP contribution < -0.4 is 11.1 Å². The third kappa shape index (κ3) is 6.21. The smallest absolute Gasteiger partial charge is 0.220 e. The van der Waals surface area contributed by atoms with Crippen LogP contribution in [-0.2, 0) is 11.3 Å². The van der Waals surface area contributed by atoms with Crippen LogP contribution in [0.25, 0.3) is 0 Å². The number of hydrogen-bond acceptors (Lipinski definition) is 3. The first kappa shape index (κ1) is 16.2. The van der Waals surface area contributed by atoms with Crippen molar-refractivity contribution in [2.75, 3.05) is 6.54 Å². The number of hydrogen-bond donors (Lipinski definition) is 2. The first-order chi connectivity index (χ1) is 8.93. The van der Waals surface area contributed by atoms with Gasteiger partial charge in [0.25, 0.3) is 0 Å². The highest BCUT2D eigenvalue weighted by atomic mass is 32.1. The molecule has 0 aliphatic heterocycles. The van der Waals surface area contributed by atoms with E-state index in [2.05, 4.69) is 31.5 Å². The van der Waals surface area contributed by atoms with E-state index in [0.717, 1.165) is 12.8 Å². The van der Waals surface area contributed by atoms with Crippen LogP contribution in [0, 0.1) is 11.3 Å². The Hall–Kier alpha value is -0.870. The van der Waals surface area contributed by atoms with Gasteiger partial charge in [0.15, 0.2) is 0 Å². The predicted octanol–water partition coefficient (Wildman–Crippen LogP) is 3.16. The van der Waals surface area contributed by atoms with E-state index in [1.165, 1.54) is 5.56 Å². The van der Waals surface area contributed by atoms with Crippen molar-refractivity contribution in [3.8, 4) is 0 Å². The monoisotopic (exact) mass is 282 g/mol. The molecule has 0 bridgehead atoms. The van der Waals surface area contributed by atoms with E-state index in [9.17, 15) is 4.79 Å². The van der Waals surface area contributed by atoms with Gasteiger partial charge in [-0.1, -0.05) is 20.8 Å². The minimum atomic E-state index is 0.137. The van der Waals surface area contributed by atoms with Crippen LogP contribution >= 0.6 is 11.3 Å². The van der Waals surface area contributed by atoms with Crippen LogP contribution in [0.15, 0.2) is 16.8 Å². The van der Waals surface area contributed by atoms with E-state index in [0.29, 0.717) is 25.4 Å². The SMILES string of the molecule is CC(C)(C)C(CCN)CCC(=O)NCc1ccsc1. The predicted molar refractivity (Wildman–Crippen MR) is 82.0 cm³/mol. The Kier molecular flexibility index (Phi) is 6.52. The number of carbonyl (C=O) groups is 1. The van der Waals surface area contributed by atoms with Crippen LogP contribution in [0.1, 0.15) is 45.6 Å². The summed E-state index contributed by atoms with van der Waals surface area (Å²) in [6, 6.07) is 2.04. The lowest BCUT2D eigenvalue weighted by molar-refractivity contribution is -0.121. The fourth-order valence-electron chi connectivity index (χ4n) is 2.20. The van der Waals surface area contributed by atoms with Crippen LogP contribution in [0.5, 0.6) is 0 Å². The molecule has 0 radical (unpaired) electrons. The Bertz CT molecular complexity index is 368. The third-order valence-corrected chi connectivity index (χ3v) is 4.26. The maximum absolute atomic E-state index is 11.8. The standard InChI is InChI=1S/C15H26N2OS/c1-15(2,3)13(6-8-16)4-5-14(18)17-10-12-7-9-19-11-12/h7,9,11,13H,4-6,8,10,16H2,1-3H3,(H,17,18). The fraction of sp³-hybridized carbons (Fsp3) is 0.667. The van der Waals surface area contributed by atoms with Gasteiger partial charge in [-0.05, 0) is 53.1 Å². The van der Waals surface area contributed by atoms with Crippen molar-refractivity contribution in [2.45, 2.75) is 46.6 Å². The molecule has 0 aliphatic carbocycles. The second-order valence-electron chi connectivity index (χ2n) is 6.09. The number of carbonyl (C=O) groups excluding carboxylic acids is 1. The first-order valence-corrected chi connectivity index (χ1v) is 7.85. The maximum atomic E-state index is 11.8. The molecule has 0 saturated heterocycles. The summed E-state index contributed by atoms with van der Waals surface area (Å²) in [6.45, 7) is 7.99. The highest BCUT2D eigenvalue weighted by Crippen LogP contribution is 2.31. The molecule has 1 aromatic heterocycles. The summed E-state index contributed by atoms with van der Waals surface area (Å²) >= 11 is 1.65. The summed E-state index contributed by atoms with van der Waals surface area (Å²) < 4.78 is 0. The van der Waals surface area contributed by atoms with E-state index >= 15 is 0 Å². The number of nitrogens with two attached hydrogens (primary N) is 1. The van der Waals surface area contributed by atoms with Crippen molar-refractivity contribution < 1.29 is 4.79 Å². The second kappa shape index (κ2) is 7.65. The Morgan fingerprint density at radius 1 is 1.42 bits per heavy atom. The number of amides is 1. The van der Waals surface area contributed by atoms with Crippen molar-refractivity contribution in [2.24, 2.45) is 17.1 Å². The van der Waals surface area contributed by atoms with Crippen molar-refractivity contribution in [3.05, 3.63) is 22.4 Å². The van der Waals surface area contributed by atoms with E-state index in [1.54, 1.807) is 11.3 Å². The zero-order chi connectivity index (χ0) is 14.3. The summed E-state index contributed by atoms with van der Waals surface area (Å²) in [7, 11) is 0. The van der Waals surface area contributed by atoms with Crippen LogP contribution in [-0.4, -0.2) is 12.5 Å². The molecule has 1 unspecified atom stereocenters. The van der Waals surface area contributed by atoms with Gasteiger partial charge in [0.05, 0.1) is 0 Å². The van der Waals surface area contributed by atoms with Crippen molar-refractivity contribution in [1.82, 2.24) is 5.32 Å². The van der Waals surface area contributed by atoms with E-state index in [1.807, 2.05) is 11.4 Å². The van der Waals surface area contributed by atoms with E-state index < -0.39 is 0 Å². The minimum absolute atomic E-state index is 0.137. The van der Waals surface area contributed by atoms with Crippen molar-refractivity contribution in [1.29, 1.82) is 0 Å². The average Bonchev–Trinajstić information content (AvgIpc) is 2.83. The number of rotatable bonds is 7. The molecule has 1 aromatic rings. The zero-order valence-corrected chi connectivity index (χ0v) is 13.1. The Morgan fingerprint density at radius 2 is 2.16 bits per heavy atom. The fourth-order valence-corrected chi connectivity index (χ4v) is 2.87. The first-order valence-electron chi connectivity index (χ1n) is 6.91. The molecule has 19 heavy (non-hydrogen) atoms. The quantitative estimate of drug-likeness (QED) is 0.807. The summed E-state index contributed by atoms with van der Waals surface area (Å²) in [5.41, 5.74) is 7.04. The van der Waals surface area contributed by atoms with Gasteiger partial charge in [-0.25, -0.2) is 0 Å². The summed E-state index contributed by atoms with van der Waals surface area (Å²) in [4.78, 5) is 11.8. The molecule has 0 spiro atoms. The molecule has 4 heteroatoms. The molecule has 0 saturated carbocycles. The van der Waals surface area contributed by atoms with Gasteiger partial charge in [0.1, 0.15) is 0 Å². The number of nitrogens with one attached hydrogen (secondary N) is 1. The minimum Gasteiger partial charge on any atom is -0.352 e. The molecule has 108 valence electrons. The van der Waals surface area contributed by atoms with Gasteiger partial charge < -0.3 is 11.1 Å². The van der Waals surface area contributed by atoms with Gasteiger partial charge in [-0.15, -0.1) is 0 Å². The average molecular weight is 282 g/mol. The molecule has 1 atom stereocenters. The highest BCUT2D eigenvalue weighted by Gasteiger charge is 2.24. The van der Waals surface area contributed by atoms with Gasteiger partial charge in [-0.3, -0.25) is 4.79 Å². The van der Waals surface area contributed by atoms with Gasteiger partial charge in [0.2, 0.25) is 5.91 Å². The van der Waals surface area contributed by atoms with Gasteiger partial charge in [-0.2, -0.15) is 11.3 Å². The third-order valence-electron chi connectivity index (χ3n) is 3.53. The Labute approximate surface area is 120 Å². The van der Waals surface area contributed by atoms with Crippen molar-refractivity contribution in [3.63, 3.8) is 0 Å². The molecular formula is C15H26N2OS. The van der Waals surface area contributed by atoms with Crippen LogP contribution in [0.4, 0.5) is 0 Å². The summed E-state index contributed by atoms with van der Waals surface area (Å²) in [5, 5.41) is 7.06. The topological polar surface area (TPSA) is 55.1 Å². The molecule has 3 nitrogen and oxygen atoms in total. The normalized spacial score (nSPS) is 13.3. The molecule has 3 N–H and O–H groups in total. The molecule has 1 rings (SSSR count). The van der Waals surface area contributed by atoms with E-state index in [4.69, 9.17) is 5.73 Å². The molecule has 0 fully saturated rings. The summed E-state index contributed by atoms with van der Waals surface area (Å²) in [5.74, 6) is 0.641. The van der Waals surface area contributed by atoms with Gasteiger partial charge in [0, 0.05) is 13.0 Å². The molecule has 1 heterocycles. The summed E-state index contributed by atoms with van der Waals surface area (Å²) in [6.07, 6.45) is 2.49. The molecule has 1 amide bonds.